The Morgan fingerprint density at radius 1 is 0.279 bits per heavy atom. The summed E-state index contributed by atoms with van der Waals surface area (Å²) in [6.07, 6.45) is 0. The third-order valence-corrected chi connectivity index (χ3v) is 14.3. The number of para-hydroxylation sites is 2. The fourth-order valence-electron chi connectivity index (χ4n) is 9.85. The van der Waals surface area contributed by atoms with Crippen LogP contribution >= 0.6 is 11.3 Å². The second-order valence-corrected chi connectivity index (χ2v) is 18.2. The molecule has 4 nitrogen and oxygen atoms in total. The Bertz CT molecular complexity index is 3940. The Morgan fingerprint density at radius 2 is 0.824 bits per heavy atom. The fraction of sp³-hybridized carbons (Fsp3) is 0. The third kappa shape index (κ3) is 6.88. The summed E-state index contributed by atoms with van der Waals surface area (Å²) in [5, 5.41) is 4.94. The van der Waals surface area contributed by atoms with Crippen molar-refractivity contribution in [1.82, 2.24) is 19.5 Å². The predicted molar refractivity (Wildman–Crippen MR) is 285 cm³/mol. The van der Waals surface area contributed by atoms with E-state index in [1.165, 1.54) is 47.5 Å². The Balaban J connectivity index is 1.08. The van der Waals surface area contributed by atoms with E-state index in [0.29, 0.717) is 17.5 Å². The Kier molecular flexibility index (Phi) is 9.66. The normalized spacial score (nSPS) is 11.5. The molecular weight excluding hydrogens is 845 g/mol. The first-order valence-electron chi connectivity index (χ1n) is 22.9. The van der Waals surface area contributed by atoms with Crippen molar-refractivity contribution in [2.24, 2.45) is 0 Å². The molecule has 0 aliphatic heterocycles. The number of aromatic nitrogens is 4. The highest BCUT2D eigenvalue weighted by Gasteiger charge is 2.22. The third-order valence-electron chi connectivity index (χ3n) is 13.1. The van der Waals surface area contributed by atoms with E-state index in [2.05, 4.69) is 211 Å². The molecule has 5 heteroatoms. The SMILES string of the molecule is c1ccc(-c2ccc(-c3ccccc3)c(-c3ccc(-c4cccc5c4sc4cc6c7ccccc7n(-c7ccccc7)c6cc45)c(-c4nc(-c5ccccc5)nc(-c5ccccc5)n4)c3)c2)cc1. The lowest BCUT2D eigenvalue weighted by molar-refractivity contribution is 1.07. The monoisotopic (exact) mass is 884 g/mol. The number of benzene rings is 10. The molecule has 0 aliphatic rings. The van der Waals surface area contributed by atoms with Crippen molar-refractivity contribution in [3.8, 4) is 84.4 Å². The maximum absolute atomic E-state index is 5.36. The van der Waals surface area contributed by atoms with Gasteiger partial charge < -0.3 is 4.57 Å². The van der Waals surface area contributed by atoms with E-state index in [0.717, 1.165) is 61.3 Å². The van der Waals surface area contributed by atoms with Crippen LogP contribution in [0.4, 0.5) is 0 Å². The van der Waals surface area contributed by atoms with E-state index in [4.69, 9.17) is 15.0 Å². The molecule has 0 N–H and O–H groups in total. The van der Waals surface area contributed by atoms with E-state index >= 15 is 0 Å². The number of thiophene rings is 1. The molecule has 3 aromatic heterocycles. The van der Waals surface area contributed by atoms with Crippen molar-refractivity contribution in [2.75, 3.05) is 0 Å². The number of rotatable bonds is 8. The van der Waals surface area contributed by atoms with Gasteiger partial charge in [-0.3, -0.25) is 0 Å². The maximum atomic E-state index is 5.36. The van der Waals surface area contributed by atoms with Crippen LogP contribution in [0.25, 0.3) is 126 Å². The zero-order chi connectivity index (χ0) is 45.0. The molecule has 0 unspecified atom stereocenters. The Hall–Kier alpha value is -8.77. The van der Waals surface area contributed by atoms with E-state index in [-0.39, 0.29) is 0 Å². The van der Waals surface area contributed by atoms with E-state index < -0.39 is 0 Å². The molecule has 13 aromatic rings. The molecule has 0 spiro atoms. The Labute approximate surface area is 397 Å². The second kappa shape index (κ2) is 16.6. The zero-order valence-corrected chi connectivity index (χ0v) is 37.6. The number of fused-ring (bicyclic) bond motifs is 6. The summed E-state index contributed by atoms with van der Waals surface area (Å²) < 4.78 is 4.87. The molecule has 10 aromatic carbocycles. The summed E-state index contributed by atoms with van der Waals surface area (Å²) in [4.78, 5) is 15.8. The van der Waals surface area contributed by atoms with Crippen molar-refractivity contribution in [3.63, 3.8) is 0 Å². The summed E-state index contributed by atoms with van der Waals surface area (Å²) in [6.45, 7) is 0. The molecule has 3 heterocycles. The summed E-state index contributed by atoms with van der Waals surface area (Å²) >= 11 is 1.85. The summed E-state index contributed by atoms with van der Waals surface area (Å²) in [5.74, 6) is 1.86. The smallest absolute Gasteiger partial charge is 0.164 e. The van der Waals surface area contributed by atoms with Gasteiger partial charge in [0.15, 0.2) is 17.5 Å². The van der Waals surface area contributed by atoms with Gasteiger partial charge in [0.25, 0.3) is 0 Å². The Morgan fingerprint density at radius 3 is 1.51 bits per heavy atom. The maximum Gasteiger partial charge on any atom is 0.164 e. The molecule has 318 valence electrons. The zero-order valence-electron chi connectivity index (χ0n) is 36.8. The predicted octanol–water partition coefficient (Wildman–Crippen LogP) is 17.0. The molecule has 0 fully saturated rings. The van der Waals surface area contributed by atoms with E-state index in [9.17, 15) is 0 Å². The minimum atomic E-state index is 0.613. The average Bonchev–Trinajstić information content (AvgIpc) is 3.96. The highest BCUT2D eigenvalue weighted by atomic mass is 32.1. The standard InChI is InChI=1S/C63H40N4S/c1-6-19-41(20-7-1)45-33-35-48(42-21-8-2-9-22-42)53(37-45)46-34-36-49(56(38-46)63-65-61(43-23-10-3-11-24-43)64-62(66-63)44-25-12-4-13-26-44)51-30-18-31-52-55-39-58-54(40-59(55)68-60(51)52)50-29-16-17-32-57(50)67(58)47-27-14-5-15-28-47/h1-40H. The topological polar surface area (TPSA) is 43.6 Å². The quantitative estimate of drug-likeness (QED) is 0.153. The minimum absolute atomic E-state index is 0.613. The lowest BCUT2D eigenvalue weighted by Crippen LogP contribution is -2.01. The van der Waals surface area contributed by atoms with Crippen LogP contribution in [0.2, 0.25) is 0 Å². The average molecular weight is 885 g/mol. The van der Waals surface area contributed by atoms with Gasteiger partial charge in [-0.25, -0.2) is 15.0 Å². The molecule has 13 rings (SSSR count). The summed E-state index contributed by atoms with van der Waals surface area (Å²) in [6, 6.07) is 86.4. The summed E-state index contributed by atoms with van der Waals surface area (Å²) in [5.41, 5.74) is 15.3. The first kappa shape index (κ1) is 39.6. The van der Waals surface area contributed by atoms with Crippen molar-refractivity contribution < 1.29 is 0 Å². The lowest BCUT2D eigenvalue weighted by Gasteiger charge is -2.17. The van der Waals surface area contributed by atoms with Gasteiger partial charge in [0.05, 0.1) is 11.0 Å². The van der Waals surface area contributed by atoms with Gasteiger partial charge in [-0.05, 0) is 81.4 Å². The first-order valence-corrected chi connectivity index (χ1v) is 23.7. The van der Waals surface area contributed by atoms with Crippen molar-refractivity contribution in [3.05, 3.63) is 243 Å². The number of nitrogens with zero attached hydrogens (tertiary/aromatic N) is 4. The van der Waals surface area contributed by atoms with Crippen LogP contribution in [-0.4, -0.2) is 19.5 Å². The number of hydrogen-bond acceptors (Lipinski definition) is 4. The van der Waals surface area contributed by atoms with Gasteiger partial charge in [-0.15, -0.1) is 11.3 Å². The summed E-state index contributed by atoms with van der Waals surface area (Å²) in [7, 11) is 0. The van der Waals surface area contributed by atoms with Crippen LogP contribution in [0.5, 0.6) is 0 Å². The van der Waals surface area contributed by atoms with Crippen LogP contribution in [0.15, 0.2) is 243 Å². The molecular formula is C63H40N4S. The van der Waals surface area contributed by atoms with Crippen molar-refractivity contribution >= 4 is 53.3 Å². The van der Waals surface area contributed by atoms with Crippen LogP contribution in [0, 0.1) is 0 Å². The second-order valence-electron chi connectivity index (χ2n) is 17.1. The molecule has 0 amide bonds. The van der Waals surface area contributed by atoms with Gasteiger partial charge in [-0.1, -0.05) is 200 Å². The van der Waals surface area contributed by atoms with Gasteiger partial charge in [0.1, 0.15) is 0 Å². The molecule has 68 heavy (non-hydrogen) atoms. The highest BCUT2D eigenvalue weighted by Crippen LogP contribution is 2.47. The van der Waals surface area contributed by atoms with E-state index in [1.807, 2.05) is 47.7 Å². The lowest BCUT2D eigenvalue weighted by atomic mass is 9.88. The van der Waals surface area contributed by atoms with Gasteiger partial charge in [0.2, 0.25) is 0 Å². The molecule has 0 radical (unpaired) electrons. The molecule has 0 bridgehead atoms. The van der Waals surface area contributed by atoms with Gasteiger partial charge >= 0.3 is 0 Å². The molecule has 0 aliphatic carbocycles. The van der Waals surface area contributed by atoms with Crippen molar-refractivity contribution in [1.29, 1.82) is 0 Å². The van der Waals surface area contributed by atoms with Gasteiger partial charge in [-0.2, -0.15) is 0 Å². The largest absolute Gasteiger partial charge is 0.309 e. The van der Waals surface area contributed by atoms with Crippen LogP contribution in [-0.2, 0) is 0 Å². The fourth-order valence-corrected chi connectivity index (χ4v) is 11.1. The van der Waals surface area contributed by atoms with Crippen LogP contribution in [0.3, 0.4) is 0 Å². The number of hydrogen-bond donors (Lipinski definition) is 0. The van der Waals surface area contributed by atoms with Gasteiger partial charge in [0, 0.05) is 58.9 Å². The van der Waals surface area contributed by atoms with E-state index in [1.54, 1.807) is 0 Å². The molecule has 0 saturated carbocycles. The first-order chi connectivity index (χ1) is 33.7. The minimum Gasteiger partial charge on any atom is -0.309 e. The van der Waals surface area contributed by atoms with Crippen molar-refractivity contribution in [2.45, 2.75) is 0 Å². The molecule has 0 saturated heterocycles. The highest BCUT2D eigenvalue weighted by molar-refractivity contribution is 7.26. The van der Waals surface area contributed by atoms with Crippen LogP contribution in [0.1, 0.15) is 0 Å². The van der Waals surface area contributed by atoms with Crippen LogP contribution < -0.4 is 0 Å². The molecule has 0 atom stereocenters.